The van der Waals surface area contributed by atoms with Crippen LogP contribution in [-0.2, 0) is 9.53 Å². The van der Waals surface area contributed by atoms with Crippen molar-refractivity contribution in [3.63, 3.8) is 0 Å². The molecule has 0 N–H and O–H groups in total. The van der Waals surface area contributed by atoms with Crippen LogP contribution < -0.4 is 0 Å². The second-order valence-electron chi connectivity index (χ2n) is 4.84. The van der Waals surface area contributed by atoms with Gasteiger partial charge in [-0.1, -0.05) is 40.3 Å². The molecule has 92 valence electrons. The number of hydrogen-bond donors (Lipinski definition) is 0. The number of esters is 1. The Labute approximate surface area is 99.4 Å². The summed E-state index contributed by atoms with van der Waals surface area (Å²) >= 11 is 0. The van der Waals surface area contributed by atoms with Crippen molar-refractivity contribution in [2.75, 3.05) is 0 Å². The molecule has 0 aromatic heterocycles. The number of rotatable bonds is 5. The van der Waals surface area contributed by atoms with Gasteiger partial charge in [0.1, 0.15) is 0 Å². The monoisotopic (exact) mass is 224 g/mol. The summed E-state index contributed by atoms with van der Waals surface area (Å²) in [5.41, 5.74) is 1.74. The highest BCUT2D eigenvalue weighted by Crippen LogP contribution is 2.23. The summed E-state index contributed by atoms with van der Waals surface area (Å²) in [6.45, 7) is 15.6. The molecular weight excluding hydrogens is 200 g/mol. The fourth-order valence-electron chi connectivity index (χ4n) is 1.62. The van der Waals surface area contributed by atoms with Crippen molar-refractivity contribution in [3.05, 3.63) is 23.8 Å². The van der Waals surface area contributed by atoms with E-state index < -0.39 is 0 Å². The Morgan fingerprint density at radius 1 is 1.06 bits per heavy atom. The summed E-state index contributed by atoms with van der Waals surface area (Å²) in [5.74, 6) is 0.227. The Morgan fingerprint density at radius 3 is 1.81 bits per heavy atom. The normalized spacial score (nSPS) is 13.1. The Bertz CT molecular complexity index is 283. The SMILES string of the molecule is C=CC(=C(C(=O)OC(C)C)C(C)C)C(C)C. The summed E-state index contributed by atoms with van der Waals surface area (Å²) in [7, 11) is 0. The van der Waals surface area contributed by atoms with Crippen LogP contribution in [0, 0.1) is 11.8 Å². The first-order valence-corrected chi connectivity index (χ1v) is 5.88. The van der Waals surface area contributed by atoms with Crippen LogP contribution >= 0.6 is 0 Å². The van der Waals surface area contributed by atoms with Gasteiger partial charge in [0.25, 0.3) is 0 Å². The molecule has 0 saturated heterocycles. The average molecular weight is 224 g/mol. The van der Waals surface area contributed by atoms with Crippen LogP contribution in [0.5, 0.6) is 0 Å². The fraction of sp³-hybridized carbons (Fsp3) is 0.643. The van der Waals surface area contributed by atoms with Gasteiger partial charge in [-0.05, 0) is 31.3 Å². The molecule has 0 bridgehead atoms. The van der Waals surface area contributed by atoms with Gasteiger partial charge in [0.05, 0.1) is 6.10 Å². The van der Waals surface area contributed by atoms with Gasteiger partial charge in [-0.25, -0.2) is 4.79 Å². The standard InChI is InChI=1S/C14H24O2/c1-8-12(9(2)3)13(10(4)5)14(15)16-11(6)7/h8-11H,1H2,2-7H3. The molecule has 0 aliphatic heterocycles. The second-order valence-corrected chi connectivity index (χ2v) is 4.84. The lowest BCUT2D eigenvalue weighted by atomic mass is 9.90. The minimum Gasteiger partial charge on any atom is -0.460 e. The summed E-state index contributed by atoms with van der Waals surface area (Å²) in [5, 5.41) is 0. The van der Waals surface area contributed by atoms with Crippen LogP contribution in [0.3, 0.4) is 0 Å². The molecule has 0 aromatic carbocycles. The van der Waals surface area contributed by atoms with Crippen molar-refractivity contribution in [1.82, 2.24) is 0 Å². The highest BCUT2D eigenvalue weighted by molar-refractivity contribution is 5.90. The Hall–Kier alpha value is -1.05. The summed E-state index contributed by atoms with van der Waals surface area (Å²) in [6.07, 6.45) is 1.68. The summed E-state index contributed by atoms with van der Waals surface area (Å²) in [4.78, 5) is 12.0. The van der Waals surface area contributed by atoms with Gasteiger partial charge in [-0.3, -0.25) is 0 Å². The topological polar surface area (TPSA) is 26.3 Å². The second kappa shape index (κ2) is 6.51. The van der Waals surface area contributed by atoms with E-state index in [1.54, 1.807) is 6.08 Å². The van der Waals surface area contributed by atoms with E-state index in [9.17, 15) is 4.79 Å². The van der Waals surface area contributed by atoms with Crippen molar-refractivity contribution in [2.24, 2.45) is 11.8 Å². The van der Waals surface area contributed by atoms with E-state index in [2.05, 4.69) is 20.4 Å². The average Bonchev–Trinajstić information content (AvgIpc) is 2.10. The molecule has 0 spiro atoms. The molecule has 0 saturated carbocycles. The third-order valence-electron chi connectivity index (χ3n) is 2.29. The lowest BCUT2D eigenvalue weighted by molar-refractivity contribution is -0.143. The zero-order valence-corrected chi connectivity index (χ0v) is 11.3. The predicted octanol–water partition coefficient (Wildman–Crippen LogP) is 3.73. The van der Waals surface area contributed by atoms with Crippen LogP contribution in [0.4, 0.5) is 0 Å². The highest BCUT2D eigenvalue weighted by Gasteiger charge is 2.21. The third kappa shape index (κ3) is 4.21. The van der Waals surface area contributed by atoms with E-state index in [0.29, 0.717) is 0 Å². The van der Waals surface area contributed by atoms with Crippen LogP contribution in [0.25, 0.3) is 0 Å². The predicted molar refractivity (Wildman–Crippen MR) is 68.1 cm³/mol. The van der Waals surface area contributed by atoms with Crippen LogP contribution in [-0.4, -0.2) is 12.1 Å². The molecule has 0 rings (SSSR count). The minimum atomic E-state index is -0.214. The molecule has 0 unspecified atom stereocenters. The van der Waals surface area contributed by atoms with Crippen molar-refractivity contribution in [1.29, 1.82) is 0 Å². The smallest absolute Gasteiger partial charge is 0.334 e. The van der Waals surface area contributed by atoms with E-state index >= 15 is 0 Å². The van der Waals surface area contributed by atoms with Gasteiger partial charge in [-0.2, -0.15) is 0 Å². The summed E-state index contributed by atoms with van der Waals surface area (Å²) < 4.78 is 5.26. The van der Waals surface area contributed by atoms with Crippen molar-refractivity contribution >= 4 is 5.97 Å². The van der Waals surface area contributed by atoms with Gasteiger partial charge >= 0.3 is 5.97 Å². The maximum atomic E-state index is 12.0. The van der Waals surface area contributed by atoms with Gasteiger partial charge in [0.2, 0.25) is 0 Å². The Balaban J connectivity index is 5.28. The maximum absolute atomic E-state index is 12.0. The number of ether oxygens (including phenoxy) is 1. The molecule has 0 heterocycles. The van der Waals surface area contributed by atoms with E-state index in [-0.39, 0.29) is 23.9 Å². The van der Waals surface area contributed by atoms with E-state index in [0.717, 1.165) is 11.1 Å². The molecule has 0 radical (unpaired) electrons. The van der Waals surface area contributed by atoms with Crippen LogP contribution in [0.1, 0.15) is 41.5 Å². The quantitative estimate of drug-likeness (QED) is 0.404. The number of carbonyl (C=O) groups excluding carboxylic acids is 1. The van der Waals surface area contributed by atoms with E-state index in [4.69, 9.17) is 4.74 Å². The first-order chi connectivity index (χ1) is 7.31. The molecule has 2 nitrogen and oxygen atoms in total. The third-order valence-corrected chi connectivity index (χ3v) is 2.29. The molecule has 16 heavy (non-hydrogen) atoms. The van der Waals surface area contributed by atoms with Crippen LogP contribution in [0.2, 0.25) is 0 Å². The molecule has 0 atom stereocenters. The molecule has 2 heteroatoms. The Morgan fingerprint density at radius 2 is 1.56 bits per heavy atom. The zero-order chi connectivity index (χ0) is 12.9. The zero-order valence-electron chi connectivity index (χ0n) is 11.3. The lowest BCUT2D eigenvalue weighted by Gasteiger charge is -2.19. The summed E-state index contributed by atoms with van der Waals surface area (Å²) in [6, 6.07) is 0. The molecule has 0 fully saturated rings. The first kappa shape index (κ1) is 14.9. The first-order valence-electron chi connectivity index (χ1n) is 5.88. The number of carbonyl (C=O) groups is 1. The minimum absolute atomic E-state index is 0.0838. The molecule has 0 aliphatic carbocycles. The molecule has 0 aliphatic rings. The molecule has 0 aromatic rings. The molecule has 0 amide bonds. The number of hydrogen-bond acceptors (Lipinski definition) is 2. The van der Waals surface area contributed by atoms with Crippen LogP contribution in [0.15, 0.2) is 23.8 Å². The highest BCUT2D eigenvalue weighted by atomic mass is 16.5. The van der Waals surface area contributed by atoms with E-state index in [1.165, 1.54) is 0 Å². The fourth-order valence-corrected chi connectivity index (χ4v) is 1.62. The Kier molecular flexibility index (Phi) is 6.09. The van der Waals surface area contributed by atoms with E-state index in [1.807, 2.05) is 27.7 Å². The van der Waals surface area contributed by atoms with Gasteiger partial charge in [0.15, 0.2) is 0 Å². The van der Waals surface area contributed by atoms with Gasteiger partial charge in [0, 0.05) is 5.57 Å². The van der Waals surface area contributed by atoms with Gasteiger partial charge in [-0.15, -0.1) is 0 Å². The van der Waals surface area contributed by atoms with Crippen molar-refractivity contribution < 1.29 is 9.53 Å². The van der Waals surface area contributed by atoms with Gasteiger partial charge < -0.3 is 4.74 Å². The number of allylic oxidation sites excluding steroid dienone is 2. The van der Waals surface area contributed by atoms with Crippen molar-refractivity contribution in [3.8, 4) is 0 Å². The largest absolute Gasteiger partial charge is 0.460 e. The van der Waals surface area contributed by atoms with Crippen molar-refractivity contribution in [2.45, 2.75) is 47.6 Å². The maximum Gasteiger partial charge on any atom is 0.334 e. The molecular formula is C14H24O2. The lowest BCUT2D eigenvalue weighted by Crippen LogP contribution is -2.19.